The van der Waals surface area contributed by atoms with Crippen molar-refractivity contribution in [1.82, 2.24) is 20.1 Å². The Bertz CT molecular complexity index is 900. The molecule has 0 aliphatic carbocycles. The third-order valence-corrected chi connectivity index (χ3v) is 6.96. The largest absolute Gasteiger partial charge is 0.376 e. The van der Waals surface area contributed by atoms with Crippen molar-refractivity contribution in [3.63, 3.8) is 0 Å². The molecule has 0 radical (unpaired) electrons. The first-order valence-electron chi connectivity index (χ1n) is 9.20. The van der Waals surface area contributed by atoms with Gasteiger partial charge in [-0.1, -0.05) is 6.92 Å². The van der Waals surface area contributed by atoms with Crippen LogP contribution in [0.25, 0.3) is 0 Å². The summed E-state index contributed by atoms with van der Waals surface area (Å²) in [6, 6.07) is 5.10. The third kappa shape index (κ3) is 4.67. The Balaban J connectivity index is 1.96. The number of urea groups is 1. The van der Waals surface area contributed by atoms with E-state index in [1.165, 1.54) is 35.6 Å². The minimum atomic E-state index is -3.59. The quantitative estimate of drug-likeness (QED) is 0.531. The van der Waals surface area contributed by atoms with E-state index in [1.807, 2.05) is 0 Å². The maximum Gasteiger partial charge on any atom is 0.344 e. The number of rotatable bonds is 8. The van der Waals surface area contributed by atoms with Crippen LogP contribution in [0.15, 0.2) is 29.2 Å². The number of nitrogens with zero attached hydrogens (tertiary/aromatic N) is 2. The summed E-state index contributed by atoms with van der Waals surface area (Å²) < 4.78 is 26.2. The minimum Gasteiger partial charge on any atom is -0.376 e. The van der Waals surface area contributed by atoms with Gasteiger partial charge in [-0.2, -0.15) is 9.31 Å². The van der Waals surface area contributed by atoms with E-state index >= 15 is 0 Å². The maximum atomic E-state index is 12.4. The lowest BCUT2D eigenvalue weighted by Gasteiger charge is -2.21. The standard InChI is InChI=1S/C18H27N5O5S/c1-6-18(4)16(25)23(17(26)20-18)21-15(24)11-19-13-7-9-14(10-8-13)29(27,28)22(5)12(2)3/h7-10,12,19H,6,11H2,1-5H3,(H,20,26)(H,21,24). The van der Waals surface area contributed by atoms with Crippen LogP contribution in [0.2, 0.25) is 0 Å². The summed E-state index contributed by atoms with van der Waals surface area (Å²) in [5, 5.41) is 6.03. The van der Waals surface area contributed by atoms with Gasteiger partial charge in [0.15, 0.2) is 0 Å². The molecule has 0 saturated carbocycles. The molecule has 2 rings (SSSR count). The molecule has 0 aromatic heterocycles. The maximum absolute atomic E-state index is 12.4. The van der Waals surface area contributed by atoms with Gasteiger partial charge in [-0.15, -0.1) is 0 Å². The zero-order valence-corrected chi connectivity index (χ0v) is 18.0. The first-order valence-corrected chi connectivity index (χ1v) is 10.6. The molecule has 1 aliphatic heterocycles. The zero-order valence-electron chi connectivity index (χ0n) is 17.1. The number of carbonyl (C=O) groups is 3. The first-order chi connectivity index (χ1) is 13.4. The van der Waals surface area contributed by atoms with Crippen molar-refractivity contribution in [3.8, 4) is 0 Å². The van der Waals surface area contributed by atoms with Crippen LogP contribution in [0.5, 0.6) is 0 Å². The first kappa shape index (κ1) is 22.6. The van der Waals surface area contributed by atoms with E-state index < -0.39 is 33.4 Å². The Hall–Kier alpha value is -2.66. The minimum absolute atomic E-state index is 0.141. The molecule has 4 amide bonds. The second kappa shape index (κ2) is 8.37. The number of benzene rings is 1. The summed E-state index contributed by atoms with van der Waals surface area (Å²) >= 11 is 0. The van der Waals surface area contributed by atoms with Gasteiger partial charge in [-0.05, 0) is 51.5 Å². The van der Waals surface area contributed by atoms with Crippen LogP contribution in [0.3, 0.4) is 0 Å². The topological polar surface area (TPSA) is 128 Å². The number of imide groups is 1. The van der Waals surface area contributed by atoms with Crippen molar-refractivity contribution in [3.05, 3.63) is 24.3 Å². The monoisotopic (exact) mass is 425 g/mol. The Labute approximate surface area is 170 Å². The smallest absolute Gasteiger partial charge is 0.344 e. The van der Waals surface area contributed by atoms with Crippen LogP contribution in [0.1, 0.15) is 34.1 Å². The normalized spacial score (nSPS) is 19.6. The van der Waals surface area contributed by atoms with Crippen molar-refractivity contribution in [1.29, 1.82) is 0 Å². The van der Waals surface area contributed by atoms with Crippen LogP contribution < -0.4 is 16.1 Å². The molecule has 10 nitrogen and oxygen atoms in total. The van der Waals surface area contributed by atoms with Crippen molar-refractivity contribution in [2.45, 2.75) is 50.6 Å². The number of anilines is 1. The SMILES string of the molecule is CCC1(C)NC(=O)N(NC(=O)CNc2ccc(S(=O)(=O)N(C)C(C)C)cc2)C1=O. The van der Waals surface area contributed by atoms with Gasteiger partial charge >= 0.3 is 6.03 Å². The average molecular weight is 426 g/mol. The van der Waals surface area contributed by atoms with Crippen LogP contribution in [0, 0.1) is 0 Å². The molecular weight excluding hydrogens is 398 g/mol. The van der Waals surface area contributed by atoms with Crippen molar-refractivity contribution in [2.24, 2.45) is 0 Å². The molecule has 1 atom stereocenters. The van der Waals surface area contributed by atoms with Crippen LogP contribution in [-0.4, -0.2) is 60.8 Å². The van der Waals surface area contributed by atoms with Gasteiger partial charge in [-0.3, -0.25) is 15.0 Å². The number of amides is 4. The van der Waals surface area contributed by atoms with Crippen molar-refractivity contribution < 1.29 is 22.8 Å². The predicted octanol–water partition coefficient (Wildman–Crippen LogP) is 0.879. The third-order valence-electron chi connectivity index (χ3n) is 4.92. The van der Waals surface area contributed by atoms with Crippen molar-refractivity contribution in [2.75, 3.05) is 18.9 Å². The number of sulfonamides is 1. The fourth-order valence-electron chi connectivity index (χ4n) is 2.56. The summed E-state index contributed by atoms with van der Waals surface area (Å²) in [7, 11) is -2.08. The Morgan fingerprint density at radius 3 is 2.31 bits per heavy atom. The van der Waals surface area contributed by atoms with Crippen LogP contribution >= 0.6 is 0 Å². The second-order valence-electron chi connectivity index (χ2n) is 7.28. The molecule has 1 heterocycles. The highest BCUT2D eigenvalue weighted by Crippen LogP contribution is 2.20. The zero-order chi connectivity index (χ0) is 22.0. The molecule has 1 saturated heterocycles. The van der Waals surface area contributed by atoms with E-state index in [0.29, 0.717) is 17.1 Å². The van der Waals surface area contributed by atoms with Gasteiger partial charge in [0.2, 0.25) is 10.0 Å². The molecule has 0 bridgehead atoms. The molecule has 0 spiro atoms. The van der Waals surface area contributed by atoms with E-state index in [1.54, 1.807) is 27.7 Å². The fraction of sp³-hybridized carbons (Fsp3) is 0.500. The van der Waals surface area contributed by atoms with Gasteiger partial charge in [0.1, 0.15) is 5.54 Å². The Morgan fingerprint density at radius 2 is 1.83 bits per heavy atom. The summed E-state index contributed by atoms with van der Waals surface area (Å²) in [4.78, 5) is 36.4. The molecule has 160 valence electrons. The van der Waals surface area contributed by atoms with Gasteiger partial charge in [0.25, 0.3) is 11.8 Å². The number of carbonyl (C=O) groups excluding carboxylic acids is 3. The van der Waals surface area contributed by atoms with Crippen LogP contribution in [0.4, 0.5) is 10.5 Å². The van der Waals surface area contributed by atoms with Crippen LogP contribution in [-0.2, 0) is 19.6 Å². The van der Waals surface area contributed by atoms with E-state index in [-0.39, 0.29) is 17.5 Å². The van der Waals surface area contributed by atoms with Gasteiger partial charge in [0.05, 0.1) is 11.4 Å². The Morgan fingerprint density at radius 1 is 1.24 bits per heavy atom. The lowest BCUT2D eigenvalue weighted by molar-refractivity contribution is -0.138. The van der Waals surface area contributed by atoms with Crippen molar-refractivity contribution >= 4 is 33.6 Å². The summed E-state index contributed by atoms with van der Waals surface area (Å²) in [5.74, 6) is -1.12. The molecule has 1 aliphatic rings. The van der Waals surface area contributed by atoms with E-state index in [2.05, 4.69) is 16.1 Å². The highest BCUT2D eigenvalue weighted by molar-refractivity contribution is 7.89. The lowest BCUT2D eigenvalue weighted by atomic mass is 10.00. The molecule has 1 unspecified atom stereocenters. The number of hydrazine groups is 1. The number of nitrogens with one attached hydrogen (secondary N) is 3. The molecule has 11 heteroatoms. The molecule has 3 N–H and O–H groups in total. The second-order valence-corrected chi connectivity index (χ2v) is 9.28. The lowest BCUT2D eigenvalue weighted by Crippen LogP contribution is -2.50. The molecule has 29 heavy (non-hydrogen) atoms. The van der Waals surface area contributed by atoms with E-state index in [4.69, 9.17) is 0 Å². The molecule has 1 fully saturated rings. The molecule has 1 aromatic rings. The molecular formula is C18H27N5O5S. The fourth-order valence-corrected chi connectivity index (χ4v) is 3.93. The summed E-state index contributed by atoms with van der Waals surface area (Å²) in [5.41, 5.74) is 1.75. The van der Waals surface area contributed by atoms with E-state index in [9.17, 15) is 22.8 Å². The van der Waals surface area contributed by atoms with Gasteiger partial charge < -0.3 is 10.6 Å². The summed E-state index contributed by atoms with van der Waals surface area (Å²) in [6.07, 6.45) is 0.392. The Kier molecular flexibility index (Phi) is 6.53. The number of hydrogen-bond donors (Lipinski definition) is 3. The molecule has 1 aromatic carbocycles. The average Bonchev–Trinajstić information content (AvgIpc) is 2.89. The summed E-state index contributed by atoms with van der Waals surface area (Å²) in [6.45, 7) is 6.69. The van der Waals surface area contributed by atoms with E-state index in [0.717, 1.165) is 0 Å². The number of hydrogen-bond acceptors (Lipinski definition) is 6. The van der Waals surface area contributed by atoms with Gasteiger partial charge in [0, 0.05) is 18.8 Å². The van der Waals surface area contributed by atoms with Gasteiger partial charge in [-0.25, -0.2) is 13.2 Å². The predicted molar refractivity (Wildman–Crippen MR) is 107 cm³/mol. The highest BCUT2D eigenvalue weighted by Gasteiger charge is 2.47. The highest BCUT2D eigenvalue weighted by atomic mass is 32.2.